The van der Waals surface area contributed by atoms with Gasteiger partial charge in [-0.2, -0.15) is 0 Å². The van der Waals surface area contributed by atoms with Crippen molar-refractivity contribution >= 4 is 41.4 Å². The number of likely N-dealkylation sites (tertiary alicyclic amines) is 2. The molecule has 2 fully saturated rings. The molecule has 3 rings (SSSR count). The second kappa shape index (κ2) is 20.0. The molecule has 0 aromatic carbocycles. The number of hydrogen-bond acceptors (Lipinski definition) is 11. The number of aliphatic hydroxyl groups excluding tert-OH is 2. The molecule has 3 heterocycles. The normalized spacial score (nSPS) is 20.5. The van der Waals surface area contributed by atoms with Gasteiger partial charge in [0.15, 0.2) is 0 Å². The van der Waals surface area contributed by atoms with Crippen LogP contribution in [0.3, 0.4) is 0 Å². The fourth-order valence-electron chi connectivity index (χ4n) is 6.53. The van der Waals surface area contributed by atoms with E-state index in [1.807, 2.05) is 20.8 Å². The number of nitrogens with two attached hydrogens (primary N) is 1. The number of amides is 6. The van der Waals surface area contributed by atoms with Gasteiger partial charge in [0.05, 0.1) is 19.5 Å². The number of aromatic nitrogens is 2. The van der Waals surface area contributed by atoms with Crippen LogP contribution < -0.4 is 27.0 Å². The zero-order chi connectivity index (χ0) is 39.4. The summed E-state index contributed by atoms with van der Waals surface area (Å²) in [6.45, 7) is 6.30. The molecule has 2 aliphatic heterocycles. The van der Waals surface area contributed by atoms with E-state index in [2.05, 4.69) is 31.2 Å². The van der Waals surface area contributed by atoms with E-state index < -0.39 is 103 Å². The zero-order valence-corrected chi connectivity index (χ0v) is 30.7. The molecule has 0 bridgehead atoms. The lowest BCUT2D eigenvalue weighted by molar-refractivity contribution is -0.146. The Kier molecular flexibility index (Phi) is 16.1. The van der Waals surface area contributed by atoms with Gasteiger partial charge in [-0.15, -0.1) is 0 Å². The Morgan fingerprint density at radius 2 is 1.42 bits per heavy atom. The van der Waals surface area contributed by atoms with Crippen molar-refractivity contribution in [3.8, 4) is 0 Å². The van der Waals surface area contributed by atoms with Crippen LogP contribution in [-0.4, -0.2) is 145 Å². The van der Waals surface area contributed by atoms with Gasteiger partial charge in [-0.1, -0.05) is 34.1 Å². The van der Waals surface area contributed by atoms with Gasteiger partial charge in [0.25, 0.3) is 0 Å². The Hall–Kier alpha value is -4.62. The molecule has 0 unspecified atom stereocenters. The number of carboxylic acids is 1. The first-order chi connectivity index (χ1) is 25.1. The fourth-order valence-corrected chi connectivity index (χ4v) is 6.53. The highest BCUT2D eigenvalue weighted by atomic mass is 16.4. The smallest absolute Gasteiger partial charge is 0.328 e. The standard InChI is InChI=1S/C34H55N9O10/c1-5-19(4)27(33(51)43-11-7-9-26(43)31(49)40-24(16-45)34(52)53)41-29(47)22(12-18(2)3)38-28(46)23(13-20-14-36-17-37-20)39-30(48)25-8-6-10-42(25)32(50)21(35)15-44/h14,17-19,21-27,44-45H,5-13,15-16,35H2,1-4H3,(H,36,37)(H,38,46)(H,39,48)(H,40,49)(H,41,47)(H,52,53)/t19-,21-,22-,23-,24-,25-,26-,27-/m0/s1. The number of aromatic amines is 1. The maximum Gasteiger partial charge on any atom is 0.328 e. The molecular formula is C34H55N9O10. The molecule has 19 nitrogen and oxygen atoms in total. The summed E-state index contributed by atoms with van der Waals surface area (Å²) in [6, 6.07) is -8.13. The number of nitrogens with one attached hydrogen (secondary N) is 5. The summed E-state index contributed by atoms with van der Waals surface area (Å²) in [6.07, 6.45) is 5.04. The van der Waals surface area contributed by atoms with E-state index in [1.165, 1.54) is 22.3 Å². The van der Waals surface area contributed by atoms with E-state index in [1.54, 1.807) is 6.92 Å². The number of hydrogen-bond donors (Lipinski definition) is 9. The molecule has 1 aromatic heterocycles. The van der Waals surface area contributed by atoms with Gasteiger partial charge in [0, 0.05) is 31.4 Å². The number of imidazole rings is 1. The minimum atomic E-state index is -1.54. The lowest BCUT2D eigenvalue weighted by Gasteiger charge is -2.33. The van der Waals surface area contributed by atoms with Crippen LogP contribution in [0.2, 0.25) is 0 Å². The van der Waals surface area contributed by atoms with E-state index in [0.29, 0.717) is 31.4 Å². The Balaban J connectivity index is 1.81. The van der Waals surface area contributed by atoms with Crippen LogP contribution in [0.25, 0.3) is 0 Å². The lowest BCUT2D eigenvalue weighted by Crippen LogP contribution is -2.61. The first-order valence-corrected chi connectivity index (χ1v) is 18.1. The monoisotopic (exact) mass is 749 g/mol. The summed E-state index contributed by atoms with van der Waals surface area (Å²) in [7, 11) is 0. The number of carbonyl (C=O) groups is 7. The van der Waals surface area contributed by atoms with E-state index in [0.717, 1.165) is 0 Å². The molecule has 53 heavy (non-hydrogen) atoms. The van der Waals surface area contributed by atoms with Crippen molar-refractivity contribution in [3.05, 3.63) is 18.2 Å². The number of nitrogens with zero attached hydrogens (tertiary/aromatic N) is 3. The van der Waals surface area contributed by atoms with Crippen LogP contribution in [0.4, 0.5) is 0 Å². The highest BCUT2D eigenvalue weighted by Gasteiger charge is 2.42. The third-order valence-electron chi connectivity index (χ3n) is 9.72. The van der Waals surface area contributed by atoms with Crippen LogP contribution >= 0.6 is 0 Å². The summed E-state index contributed by atoms with van der Waals surface area (Å²) < 4.78 is 0. The topological polar surface area (TPSA) is 289 Å². The Bertz CT molecular complexity index is 1440. The average molecular weight is 750 g/mol. The molecule has 2 aliphatic rings. The second-order valence-electron chi connectivity index (χ2n) is 14.2. The molecule has 19 heteroatoms. The highest BCUT2D eigenvalue weighted by Crippen LogP contribution is 2.23. The van der Waals surface area contributed by atoms with Gasteiger partial charge in [0.2, 0.25) is 35.4 Å². The number of aliphatic carboxylic acids is 1. The van der Waals surface area contributed by atoms with Crippen molar-refractivity contribution in [1.82, 2.24) is 41.0 Å². The van der Waals surface area contributed by atoms with Crippen molar-refractivity contribution in [2.45, 2.75) is 115 Å². The molecule has 0 aliphatic carbocycles. The van der Waals surface area contributed by atoms with Crippen molar-refractivity contribution in [2.75, 3.05) is 26.3 Å². The van der Waals surface area contributed by atoms with Crippen LogP contribution in [0.5, 0.6) is 0 Å². The summed E-state index contributed by atoms with van der Waals surface area (Å²) in [5, 5.41) is 38.6. The van der Waals surface area contributed by atoms with Crippen molar-refractivity contribution < 1.29 is 48.9 Å². The quantitative estimate of drug-likeness (QED) is 0.0702. The van der Waals surface area contributed by atoms with Crippen molar-refractivity contribution in [1.29, 1.82) is 0 Å². The number of rotatable bonds is 19. The summed E-state index contributed by atoms with van der Waals surface area (Å²) >= 11 is 0. The van der Waals surface area contributed by atoms with Crippen LogP contribution in [0.15, 0.2) is 12.5 Å². The van der Waals surface area contributed by atoms with Crippen LogP contribution in [0, 0.1) is 11.8 Å². The average Bonchev–Trinajstić information content (AvgIpc) is 3.93. The van der Waals surface area contributed by atoms with Gasteiger partial charge in [-0.05, 0) is 43.9 Å². The maximum absolute atomic E-state index is 14.0. The Morgan fingerprint density at radius 1 is 0.849 bits per heavy atom. The number of aliphatic hydroxyl groups is 2. The predicted molar refractivity (Wildman–Crippen MR) is 188 cm³/mol. The minimum absolute atomic E-state index is 0.0319. The summed E-state index contributed by atoms with van der Waals surface area (Å²) in [5.41, 5.74) is 6.25. The molecule has 0 saturated carbocycles. The molecule has 0 radical (unpaired) electrons. The number of carboxylic acid groups (broad SMARTS) is 1. The van der Waals surface area contributed by atoms with E-state index in [9.17, 15) is 48.9 Å². The van der Waals surface area contributed by atoms with Gasteiger partial charge >= 0.3 is 5.97 Å². The fraction of sp³-hybridized carbons (Fsp3) is 0.706. The summed E-state index contributed by atoms with van der Waals surface area (Å²) in [4.78, 5) is 102. The lowest BCUT2D eigenvalue weighted by atomic mass is 9.95. The second-order valence-corrected chi connectivity index (χ2v) is 14.2. The third kappa shape index (κ3) is 11.4. The first kappa shape index (κ1) is 42.8. The predicted octanol–water partition coefficient (Wildman–Crippen LogP) is -2.64. The molecule has 296 valence electrons. The van der Waals surface area contributed by atoms with Crippen molar-refractivity contribution in [2.24, 2.45) is 17.6 Å². The number of H-pyrrole nitrogens is 1. The largest absolute Gasteiger partial charge is 0.480 e. The molecule has 6 amide bonds. The SMILES string of the molecule is CC[C@H](C)[C@H](NC(=O)[C@H](CC(C)C)NC(=O)[C@H](Cc1cnc[nH]1)NC(=O)[C@@H]1CCCN1C(=O)[C@@H](N)CO)C(=O)N1CCC[C@H]1C(=O)N[C@@H](CO)C(=O)O. The maximum atomic E-state index is 14.0. The van der Waals surface area contributed by atoms with Gasteiger partial charge in [-0.3, -0.25) is 28.8 Å². The Morgan fingerprint density at radius 3 is 1.91 bits per heavy atom. The molecule has 10 N–H and O–H groups in total. The van der Waals surface area contributed by atoms with Crippen LogP contribution in [-0.2, 0) is 40.0 Å². The van der Waals surface area contributed by atoms with Crippen molar-refractivity contribution in [3.63, 3.8) is 0 Å². The van der Waals surface area contributed by atoms with Gasteiger partial charge < -0.3 is 57.1 Å². The highest BCUT2D eigenvalue weighted by molar-refractivity contribution is 5.97. The molecule has 8 atom stereocenters. The molecule has 1 aromatic rings. The summed E-state index contributed by atoms with van der Waals surface area (Å²) in [5.74, 6) is -5.76. The zero-order valence-electron chi connectivity index (χ0n) is 30.7. The number of carbonyl (C=O) groups excluding carboxylic acids is 6. The first-order valence-electron chi connectivity index (χ1n) is 18.1. The van der Waals surface area contributed by atoms with Gasteiger partial charge in [-0.25, -0.2) is 9.78 Å². The van der Waals surface area contributed by atoms with Crippen LogP contribution in [0.1, 0.15) is 71.9 Å². The molecule has 0 spiro atoms. The Labute approximate surface area is 308 Å². The van der Waals surface area contributed by atoms with E-state index in [-0.39, 0.29) is 38.3 Å². The van der Waals surface area contributed by atoms with E-state index >= 15 is 0 Å². The molecule has 2 saturated heterocycles. The van der Waals surface area contributed by atoms with E-state index in [4.69, 9.17) is 5.73 Å². The minimum Gasteiger partial charge on any atom is -0.480 e. The van der Waals surface area contributed by atoms with Gasteiger partial charge in [0.1, 0.15) is 42.3 Å². The third-order valence-corrected chi connectivity index (χ3v) is 9.72. The molecular weight excluding hydrogens is 694 g/mol.